The van der Waals surface area contributed by atoms with Crippen LogP contribution in [0.4, 0.5) is 0 Å². The molecule has 0 radical (unpaired) electrons. The van der Waals surface area contributed by atoms with Gasteiger partial charge in [-0.15, -0.1) is 0 Å². The maximum Gasteiger partial charge on any atom is 0.101 e. The Balaban J connectivity index is 2.95. The fraction of sp³-hybridized carbons (Fsp3) is 0.250. The summed E-state index contributed by atoms with van der Waals surface area (Å²) in [6.07, 6.45) is 3.00. The number of rotatable bonds is 2. The highest BCUT2D eigenvalue weighted by molar-refractivity contribution is 5.30. The Morgan fingerprint density at radius 1 is 1.67 bits per heavy atom. The number of aromatic nitrogens is 1. The standard InChI is InChI=1S/C8H9N3O/c9-2-6-1-7(4-11-3-6)8(10)5-12/h1,3-4,8,12H,5,10H2/t8-/m1/s1. The lowest BCUT2D eigenvalue weighted by molar-refractivity contribution is 0.268. The highest BCUT2D eigenvalue weighted by Gasteiger charge is 2.04. The number of hydrogen-bond donors (Lipinski definition) is 2. The van der Waals surface area contributed by atoms with Crippen LogP contribution in [0.5, 0.6) is 0 Å². The largest absolute Gasteiger partial charge is 0.394 e. The molecule has 0 aliphatic rings. The van der Waals surface area contributed by atoms with Gasteiger partial charge in [0, 0.05) is 12.4 Å². The third kappa shape index (κ3) is 1.78. The highest BCUT2D eigenvalue weighted by Crippen LogP contribution is 2.08. The van der Waals surface area contributed by atoms with Crippen LogP contribution < -0.4 is 5.73 Å². The molecule has 0 fully saturated rings. The number of aliphatic hydroxyl groups excluding tert-OH is 1. The van der Waals surface area contributed by atoms with Crippen LogP contribution in [0.2, 0.25) is 0 Å². The summed E-state index contributed by atoms with van der Waals surface area (Å²) in [7, 11) is 0. The zero-order valence-electron chi connectivity index (χ0n) is 6.44. The van der Waals surface area contributed by atoms with E-state index in [0.29, 0.717) is 11.1 Å². The Morgan fingerprint density at radius 3 is 3.00 bits per heavy atom. The van der Waals surface area contributed by atoms with E-state index >= 15 is 0 Å². The van der Waals surface area contributed by atoms with Gasteiger partial charge in [-0.1, -0.05) is 0 Å². The molecule has 0 unspecified atom stereocenters. The smallest absolute Gasteiger partial charge is 0.101 e. The van der Waals surface area contributed by atoms with Gasteiger partial charge in [-0.2, -0.15) is 5.26 Å². The Kier molecular flexibility index (Phi) is 2.75. The molecule has 0 saturated carbocycles. The van der Waals surface area contributed by atoms with E-state index in [4.69, 9.17) is 16.1 Å². The SMILES string of the molecule is N#Cc1cncc([C@H](N)CO)c1. The first-order valence-corrected chi connectivity index (χ1v) is 3.49. The maximum atomic E-state index is 8.72. The number of nitrogens with zero attached hydrogens (tertiary/aromatic N) is 2. The predicted octanol–water partition coefficient (Wildman–Crippen LogP) is -0.0546. The van der Waals surface area contributed by atoms with Crippen molar-refractivity contribution in [2.75, 3.05) is 6.61 Å². The van der Waals surface area contributed by atoms with Gasteiger partial charge >= 0.3 is 0 Å². The van der Waals surface area contributed by atoms with E-state index < -0.39 is 6.04 Å². The molecule has 0 aliphatic carbocycles. The second-order valence-electron chi connectivity index (χ2n) is 2.41. The van der Waals surface area contributed by atoms with Crippen molar-refractivity contribution in [1.82, 2.24) is 4.98 Å². The van der Waals surface area contributed by atoms with Crippen LogP contribution in [0.3, 0.4) is 0 Å². The molecule has 0 spiro atoms. The molecule has 0 aromatic carbocycles. The van der Waals surface area contributed by atoms with Crippen molar-refractivity contribution >= 4 is 0 Å². The van der Waals surface area contributed by atoms with E-state index in [9.17, 15) is 0 Å². The van der Waals surface area contributed by atoms with Gasteiger partial charge < -0.3 is 10.8 Å². The average molecular weight is 163 g/mol. The van der Waals surface area contributed by atoms with Crippen LogP contribution >= 0.6 is 0 Å². The van der Waals surface area contributed by atoms with Crippen LogP contribution in [-0.4, -0.2) is 16.7 Å². The van der Waals surface area contributed by atoms with E-state index in [-0.39, 0.29) is 6.61 Å². The summed E-state index contributed by atoms with van der Waals surface area (Å²) < 4.78 is 0. The third-order valence-electron chi connectivity index (χ3n) is 1.51. The normalized spacial score (nSPS) is 12.1. The lowest BCUT2D eigenvalue weighted by Crippen LogP contribution is -2.14. The number of nitriles is 1. The molecule has 1 aromatic rings. The molecule has 1 atom stereocenters. The van der Waals surface area contributed by atoms with Gasteiger partial charge in [-0.25, -0.2) is 0 Å². The third-order valence-corrected chi connectivity index (χ3v) is 1.51. The lowest BCUT2D eigenvalue weighted by Gasteiger charge is -2.06. The summed E-state index contributed by atoms with van der Waals surface area (Å²) >= 11 is 0. The molecule has 4 nitrogen and oxygen atoms in total. The Labute approximate surface area is 70.3 Å². The minimum absolute atomic E-state index is 0.142. The number of pyridine rings is 1. The summed E-state index contributed by atoms with van der Waals surface area (Å²) in [5.74, 6) is 0. The summed E-state index contributed by atoms with van der Waals surface area (Å²) in [6.45, 7) is -0.142. The summed E-state index contributed by atoms with van der Waals surface area (Å²) in [5, 5.41) is 17.2. The van der Waals surface area contributed by atoms with Gasteiger partial charge in [0.15, 0.2) is 0 Å². The monoisotopic (exact) mass is 163 g/mol. The molecule has 0 amide bonds. The fourth-order valence-electron chi connectivity index (χ4n) is 0.827. The molecular weight excluding hydrogens is 154 g/mol. The van der Waals surface area contributed by atoms with Gasteiger partial charge in [0.25, 0.3) is 0 Å². The van der Waals surface area contributed by atoms with Crippen LogP contribution in [-0.2, 0) is 0 Å². The Hall–Kier alpha value is -1.44. The van der Waals surface area contributed by atoms with Crippen LogP contribution in [0.1, 0.15) is 17.2 Å². The van der Waals surface area contributed by atoms with Crippen molar-refractivity contribution in [3.63, 3.8) is 0 Å². The zero-order chi connectivity index (χ0) is 8.97. The lowest BCUT2D eigenvalue weighted by atomic mass is 10.1. The van der Waals surface area contributed by atoms with Gasteiger partial charge in [0.1, 0.15) is 6.07 Å². The van der Waals surface area contributed by atoms with Gasteiger partial charge in [0.2, 0.25) is 0 Å². The van der Waals surface area contributed by atoms with E-state index in [1.807, 2.05) is 6.07 Å². The van der Waals surface area contributed by atoms with Crippen molar-refractivity contribution < 1.29 is 5.11 Å². The molecule has 3 N–H and O–H groups in total. The molecule has 0 aliphatic heterocycles. The summed E-state index contributed by atoms with van der Waals surface area (Å²) in [6, 6.07) is 3.11. The second kappa shape index (κ2) is 3.81. The Bertz CT molecular complexity index is 305. The maximum absolute atomic E-state index is 8.72. The number of hydrogen-bond acceptors (Lipinski definition) is 4. The zero-order valence-corrected chi connectivity index (χ0v) is 6.44. The van der Waals surface area contributed by atoms with Crippen LogP contribution in [0, 0.1) is 11.3 Å². The fourth-order valence-corrected chi connectivity index (χ4v) is 0.827. The molecule has 1 heterocycles. The first-order chi connectivity index (χ1) is 5.77. The average Bonchev–Trinajstić information content (AvgIpc) is 2.17. The van der Waals surface area contributed by atoms with Crippen molar-refractivity contribution in [3.8, 4) is 6.07 Å². The van der Waals surface area contributed by atoms with Crippen molar-refractivity contribution in [2.24, 2.45) is 5.73 Å². The molecule has 1 aromatic heterocycles. The van der Waals surface area contributed by atoms with E-state index in [1.54, 1.807) is 12.3 Å². The molecule has 62 valence electrons. The molecule has 0 bridgehead atoms. The van der Waals surface area contributed by atoms with E-state index in [1.165, 1.54) is 6.20 Å². The molecular formula is C8H9N3O. The molecule has 1 rings (SSSR count). The number of nitrogens with two attached hydrogens (primary N) is 1. The van der Waals surface area contributed by atoms with Gasteiger partial charge in [-0.3, -0.25) is 4.98 Å². The summed E-state index contributed by atoms with van der Waals surface area (Å²) in [4.78, 5) is 3.81. The van der Waals surface area contributed by atoms with Crippen molar-refractivity contribution in [2.45, 2.75) is 6.04 Å². The molecule has 12 heavy (non-hydrogen) atoms. The van der Waals surface area contributed by atoms with Gasteiger partial charge in [-0.05, 0) is 11.6 Å². The first kappa shape index (κ1) is 8.65. The second-order valence-corrected chi connectivity index (χ2v) is 2.41. The predicted molar refractivity (Wildman–Crippen MR) is 43.0 cm³/mol. The minimum atomic E-state index is -0.453. The van der Waals surface area contributed by atoms with Crippen molar-refractivity contribution in [3.05, 3.63) is 29.6 Å². The Morgan fingerprint density at radius 2 is 2.42 bits per heavy atom. The van der Waals surface area contributed by atoms with Gasteiger partial charge in [0.05, 0.1) is 18.2 Å². The summed E-state index contributed by atoms with van der Waals surface area (Å²) in [5.41, 5.74) is 6.65. The van der Waals surface area contributed by atoms with Crippen LogP contribution in [0.25, 0.3) is 0 Å². The quantitative estimate of drug-likeness (QED) is 0.640. The molecule has 4 heteroatoms. The van der Waals surface area contributed by atoms with E-state index in [0.717, 1.165) is 0 Å². The number of aliphatic hydroxyl groups is 1. The first-order valence-electron chi connectivity index (χ1n) is 3.49. The topological polar surface area (TPSA) is 82.9 Å². The van der Waals surface area contributed by atoms with Crippen LogP contribution in [0.15, 0.2) is 18.5 Å². The minimum Gasteiger partial charge on any atom is -0.394 e. The van der Waals surface area contributed by atoms with Crippen molar-refractivity contribution in [1.29, 1.82) is 5.26 Å². The van der Waals surface area contributed by atoms with E-state index in [2.05, 4.69) is 4.98 Å². The highest BCUT2D eigenvalue weighted by atomic mass is 16.3. The molecule has 0 saturated heterocycles.